The number of nitrogens with one attached hydrogen (secondary N) is 3. The molecule has 3 N–H and O–H groups in total. The lowest BCUT2D eigenvalue weighted by Crippen LogP contribution is -2.44. The monoisotopic (exact) mass is 304 g/mol. The number of carbonyl (C=O) groups is 2. The Morgan fingerprint density at radius 1 is 1.23 bits per heavy atom. The molecule has 1 aliphatic heterocycles. The molecule has 0 bridgehead atoms. The second-order valence-corrected chi connectivity index (χ2v) is 5.55. The van der Waals surface area contributed by atoms with Gasteiger partial charge < -0.3 is 16.0 Å². The average Bonchev–Trinajstić information content (AvgIpc) is 2.48. The number of nitrogens with zero attached hydrogens (tertiary/aromatic N) is 1. The van der Waals surface area contributed by atoms with E-state index in [1.807, 2.05) is 26.1 Å². The minimum Gasteiger partial charge on any atom is -0.338 e. The first-order valence-corrected chi connectivity index (χ1v) is 7.76. The van der Waals surface area contributed by atoms with Gasteiger partial charge in [-0.1, -0.05) is 12.5 Å². The van der Waals surface area contributed by atoms with Crippen LogP contribution in [-0.2, 0) is 4.79 Å². The van der Waals surface area contributed by atoms with E-state index in [9.17, 15) is 9.59 Å². The quantitative estimate of drug-likeness (QED) is 0.799. The molecule has 1 heterocycles. The zero-order chi connectivity index (χ0) is 15.9. The van der Waals surface area contributed by atoms with Crippen molar-refractivity contribution in [3.05, 3.63) is 24.3 Å². The molecular formula is C16H24N4O2. The van der Waals surface area contributed by atoms with Crippen molar-refractivity contribution in [2.45, 2.75) is 32.2 Å². The molecule has 1 aromatic rings. The maximum absolute atomic E-state index is 12.4. The van der Waals surface area contributed by atoms with Crippen LogP contribution in [-0.4, -0.2) is 43.0 Å². The lowest BCUT2D eigenvalue weighted by atomic mass is 10.0. The number of likely N-dealkylation sites (tertiary alicyclic amines) is 1. The van der Waals surface area contributed by atoms with Crippen LogP contribution in [0.15, 0.2) is 24.3 Å². The van der Waals surface area contributed by atoms with Gasteiger partial charge in [0.15, 0.2) is 0 Å². The molecule has 1 atom stereocenters. The fourth-order valence-corrected chi connectivity index (χ4v) is 2.64. The third kappa shape index (κ3) is 4.46. The maximum Gasteiger partial charge on any atom is 0.319 e. The molecular weight excluding hydrogens is 280 g/mol. The van der Waals surface area contributed by atoms with Gasteiger partial charge in [-0.3, -0.25) is 9.69 Å². The van der Waals surface area contributed by atoms with E-state index in [0.717, 1.165) is 25.8 Å². The van der Waals surface area contributed by atoms with Crippen molar-refractivity contribution in [1.29, 1.82) is 0 Å². The molecule has 120 valence electrons. The van der Waals surface area contributed by atoms with Crippen LogP contribution in [0.1, 0.15) is 26.2 Å². The van der Waals surface area contributed by atoms with Gasteiger partial charge in [-0.15, -0.1) is 0 Å². The van der Waals surface area contributed by atoms with Crippen molar-refractivity contribution in [1.82, 2.24) is 10.2 Å². The van der Waals surface area contributed by atoms with E-state index in [0.29, 0.717) is 17.9 Å². The van der Waals surface area contributed by atoms with Crippen LogP contribution < -0.4 is 16.0 Å². The van der Waals surface area contributed by atoms with Crippen LogP contribution in [0.2, 0.25) is 0 Å². The summed E-state index contributed by atoms with van der Waals surface area (Å²) in [5.74, 6) is 0.0114. The second kappa shape index (κ2) is 7.79. The summed E-state index contributed by atoms with van der Waals surface area (Å²) in [6.07, 6.45) is 3.12. The van der Waals surface area contributed by atoms with Crippen LogP contribution in [0, 0.1) is 0 Å². The number of benzene rings is 1. The first-order valence-electron chi connectivity index (χ1n) is 7.76. The lowest BCUT2D eigenvalue weighted by molar-refractivity contribution is -0.121. The molecule has 1 fully saturated rings. The molecule has 22 heavy (non-hydrogen) atoms. The number of amides is 3. The molecule has 1 saturated heterocycles. The molecule has 0 unspecified atom stereocenters. The number of piperidine rings is 1. The molecule has 0 aromatic heterocycles. The molecule has 6 heteroatoms. The Morgan fingerprint density at radius 2 is 1.95 bits per heavy atom. The summed E-state index contributed by atoms with van der Waals surface area (Å²) in [6, 6.07) is 6.85. The summed E-state index contributed by atoms with van der Waals surface area (Å²) in [5, 5.41) is 8.34. The molecule has 3 amide bonds. The van der Waals surface area contributed by atoms with Crippen LogP contribution >= 0.6 is 0 Å². The maximum atomic E-state index is 12.4. The van der Waals surface area contributed by atoms with Gasteiger partial charge in [0.1, 0.15) is 0 Å². The van der Waals surface area contributed by atoms with Gasteiger partial charge in [0.05, 0.1) is 6.04 Å². The fraction of sp³-hybridized carbons (Fsp3) is 0.500. The normalized spacial score (nSPS) is 18.5. The molecule has 6 nitrogen and oxygen atoms in total. The van der Waals surface area contributed by atoms with Crippen molar-refractivity contribution >= 4 is 23.3 Å². The third-order valence-electron chi connectivity index (χ3n) is 3.80. The van der Waals surface area contributed by atoms with Gasteiger partial charge in [0, 0.05) is 17.9 Å². The fourth-order valence-electron chi connectivity index (χ4n) is 2.64. The molecule has 0 aliphatic carbocycles. The molecule has 0 spiro atoms. The minimum absolute atomic E-state index is 0.0114. The standard InChI is InChI=1S/C16H24N4O2/c1-3-17-16(22)19-13-8-6-7-12(11-13)18-15(21)14-9-4-5-10-20(14)2/h6-8,11,14H,3-5,9-10H2,1-2H3,(H,18,21)(H2,17,19,22)/t14-/m0/s1. The highest BCUT2D eigenvalue weighted by molar-refractivity contribution is 5.96. The van der Waals surface area contributed by atoms with Gasteiger partial charge >= 0.3 is 6.03 Å². The largest absolute Gasteiger partial charge is 0.338 e. The number of hydrogen-bond donors (Lipinski definition) is 3. The Labute approximate surface area is 131 Å². The van der Waals surface area contributed by atoms with E-state index in [4.69, 9.17) is 0 Å². The van der Waals surface area contributed by atoms with Crippen LogP contribution in [0.4, 0.5) is 16.2 Å². The highest BCUT2D eigenvalue weighted by Crippen LogP contribution is 2.19. The highest BCUT2D eigenvalue weighted by atomic mass is 16.2. The van der Waals surface area contributed by atoms with E-state index in [1.54, 1.807) is 12.1 Å². The second-order valence-electron chi connectivity index (χ2n) is 5.55. The van der Waals surface area contributed by atoms with Gasteiger partial charge in [-0.2, -0.15) is 0 Å². The summed E-state index contributed by atoms with van der Waals surface area (Å²) < 4.78 is 0. The van der Waals surface area contributed by atoms with Crippen molar-refractivity contribution in [2.75, 3.05) is 30.8 Å². The summed E-state index contributed by atoms with van der Waals surface area (Å²) in [6.45, 7) is 3.38. The Bertz CT molecular complexity index is 533. The van der Waals surface area contributed by atoms with E-state index < -0.39 is 0 Å². The van der Waals surface area contributed by atoms with Crippen molar-refractivity contribution < 1.29 is 9.59 Å². The predicted molar refractivity (Wildman–Crippen MR) is 88.0 cm³/mol. The van der Waals surface area contributed by atoms with E-state index in [-0.39, 0.29) is 18.0 Å². The zero-order valence-electron chi connectivity index (χ0n) is 13.2. The molecule has 1 aliphatic rings. The summed E-state index contributed by atoms with van der Waals surface area (Å²) in [7, 11) is 1.98. The Morgan fingerprint density at radius 3 is 2.64 bits per heavy atom. The van der Waals surface area contributed by atoms with Crippen LogP contribution in [0.3, 0.4) is 0 Å². The van der Waals surface area contributed by atoms with E-state index >= 15 is 0 Å². The number of hydrogen-bond acceptors (Lipinski definition) is 3. The van der Waals surface area contributed by atoms with Crippen molar-refractivity contribution in [3.63, 3.8) is 0 Å². The average molecular weight is 304 g/mol. The number of anilines is 2. The first-order chi connectivity index (χ1) is 10.6. The molecule has 0 radical (unpaired) electrons. The third-order valence-corrected chi connectivity index (χ3v) is 3.80. The summed E-state index contributed by atoms with van der Waals surface area (Å²) in [5.41, 5.74) is 1.35. The smallest absolute Gasteiger partial charge is 0.319 e. The highest BCUT2D eigenvalue weighted by Gasteiger charge is 2.25. The Kier molecular flexibility index (Phi) is 5.77. The first kappa shape index (κ1) is 16.3. The zero-order valence-corrected chi connectivity index (χ0v) is 13.2. The SMILES string of the molecule is CCNC(=O)Nc1cccc(NC(=O)[C@@H]2CCCCN2C)c1. The van der Waals surface area contributed by atoms with E-state index in [2.05, 4.69) is 20.9 Å². The summed E-state index contributed by atoms with van der Waals surface area (Å²) >= 11 is 0. The number of urea groups is 1. The number of carbonyl (C=O) groups excluding carboxylic acids is 2. The molecule has 0 saturated carbocycles. The Hall–Kier alpha value is -2.08. The topological polar surface area (TPSA) is 73.5 Å². The summed E-state index contributed by atoms with van der Waals surface area (Å²) in [4.78, 5) is 26.0. The number of likely N-dealkylation sites (N-methyl/N-ethyl adjacent to an activating group) is 1. The van der Waals surface area contributed by atoms with Crippen LogP contribution in [0.25, 0.3) is 0 Å². The van der Waals surface area contributed by atoms with Gasteiger partial charge in [0.2, 0.25) is 5.91 Å². The Balaban J connectivity index is 1.97. The van der Waals surface area contributed by atoms with Crippen molar-refractivity contribution in [2.24, 2.45) is 0 Å². The minimum atomic E-state index is -0.252. The van der Waals surface area contributed by atoms with E-state index in [1.165, 1.54) is 0 Å². The van der Waals surface area contributed by atoms with Gasteiger partial charge in [-0.05, 0) is 51.6 Å². The van der Waals surface area contributed by atoms with Gasteiger partial charge in [-0.25, -0.2) is 4.79 Å². The molecule has 2 rings (SSSR count). The van der Waals surface area contributed by atoms with Crippen molar-refractivity contribution in [3.8, 4) is 0 Å². The van der Waals surface area contributed by atoms with Crippen LogP contribution in [0.5, 0.6) is 0 Å². The number of rotatable bonds is 4. The lowest BCUT2D eigenvalue weighted by Gasteiger charge is -2.31. The van der Waals surface area contributed by atoms with Gasteiger partial charge in [0.25, 0.3) is 0 Å². The predicted octanol–water partition coefficient (Wildman–Crippen LogP) is 2.25. The molecule has 1 aromatic carbocycles.